The van der Waals surface area contributed by atoms with Gasteiger partial charge in [-0.05, 0) is 31.5 Å². The van der Waals surface area contributed by atoms with Crippen LogP contribution in [0.2, 0.25) is 0 Å². The van der Waals surface area contributed by atoms with Crippen LogP contribution in [0, 0.1) is 0 Å². The van der Waals surface area contributed by atoms with Gasteiger partial charge in [0.1, 0.15) is 12.3 Å². The molecule has 0 bridgehead atoms. The highest BCUT2D eigenvalue weighted by molar-refractivity contribution is 5.82. The number of hydrogen-bond acceptors (Lipinski definition) is 4. The van der Waals surface area contributed by atoms with Gasteiger partial charge in [-0.1, -0.05) is 12.1 Å². The summed E-state index contributed by atoms with van der Waals surface area (Å²) in [5, 5.41) is 13.6. The first-order valence-corrected chi connectivity index (χ1v) is 6.42. The second kappa shape index (κ2) is 8.16. The van der Waals surface area contributed by atoms with E-state index >= 15 is 0 Å². The zero-order valence-corrected chi connectivity index (χ0v) is 11.7. The van der Waals surface area contributed by atoms with Gasteiger partial charge in [-0.25, -0.2) is 0 Å². The van der Waals surface area contributed by atoms with Crippen LogP contribution in [0.5, 0.6) is 5.75 Å². The quantitative estimate of drug-likeness (QED) is 0.654. The molecule has 20 heavy (non-hydrogen) atoms. The number of carbonyl (C=O) groups excluding carboxylic acids is 1. The largest absolute Gasteiger partial charge is 0.491 e. The number of hydrogen-bond donors (Lipinski definition) is 3. The van der Waals surface area contributed by atoms with E-state index in [1.807, 2.05) is 38.1 Å². The molecular weight excluding hydrogens is 260 g/mol. The third kappa shape index (κ3) is 6.75. The molecule has 0 spiro atoms. The van der Waals surface area contributed by atoms with Crippen molar-refractivity contribution < 1.29 is 19.4 Å². The van der Waals surface area contributed by atoms with Crippen molar-refractivity contribution in [2.45, 2.75) is 26.5 Å². The molecule has 0 radical (unpaired) electrons. The normalized spacial score (nSPS) is 10.3. The van der Waals surface area contributed by atoms with Crippen LogP contribution in [0.25, 0.3) is 0 Å². The zero-order valence-electron chi connectivity index (χ0n) is 11.7. The lowest BCUT2D eigenvalue weighted by atomic mass is 10.2. The summed E-state index contributed by atoms with van der Waals surface area (Å²) in [5.41, 5.74) is 0.995. The molecule has 0 aliphatic rings. The number of carbonyl (C=O) groups is 2. The predicted octanol–water partition coefficient (Wildman–Crippen LogP) is 0.764. The van der Waals surface area contributed by atoms with Crippen molar-refractivity contribution in [3.05, 3.63) is 29.8 Å². The fourth-order valence-corrected chi connectivity index (χ4v) is 1.56. The number of nitrogens with one attached hydrogen (secondary N) is 2. The molecule has 0 saturated carbocycles. The van der Waals surface area contributed by atoms with Crippen molar-refractivity contribution >= 4 is 11.9 Å². The molecule has 6 nitrogen and oxygen atoms in total. The van der Waals surface area contributed by atoms with Gasteiger partial charge in [-0.2, -0.15) is 0 Å². The Hall–Kier alpha value is -2.08. The highest BCUT2D eigenvalue weighted by Crippen LogP contribution is 2.14. The van der Waals surface area contributed by atoms with E-state index in [-0.39, 0.29) is 25.1 Å². The smallest absolute Gasteiger partial charge is 0.322 e. The summed E-state index contributed by atoms with van der Waals surface area (Å²) in [5.74, 6) is -0.617. The van der Waals surface area contributed by atoms with Gasteiger partial charge in [0.15, 0.2) is 0 Å². The van der Waals surface area contributed by atoms with Gasteiger partial charge >= 0.3 is 5.97 Å². The third-order valence-electron chi connectivity index (χ3n) is 2.32. The molecule has 0 aliphatic heterocycles. The van der Waals surface area contributed by atoms with E-state index in [2.05, 4.69) is 10.6 Å². The van der Waals surface area contributed by atoms with Gasteiger partial charge in [0, 0.05) is 6.54 Å². The summed E-state index contributed by atoms with van der Waals surface area (Å²) in [6.45, 7) is 4.13. The number of carboxylic acids is 1. The van der Waals surface area contributed by atoms with E-state index in [4.69, 9.17) is 9.84 Å². The Bertz CT molecular complexity index is 460. The molecule has 110 valence electrons. The first-order chi connectivity index (χ1) is 9.47. The fraction of sp³-hybridized carbons (Fsp3) is 0.429. The van der Waals surface area contributed by atoms with E-state index in [1.54, 1.807) is 0 Å². The van der Waals surface area contributed by atoms with Crippen molar-refractivity contribution in [2.24, 2.45) is 0 Å². The van der Waals surface area contributed by atoms with Crippen LogP contribution >= 0.6 is 0 Å². The molecular formula is C14H20N2O4. The summed E-state index contributed by atoms with van der Waals surface area (Å²) in [7, 11) is 0. The van der Waals surface area contributed by atoms with Gasteiger partial charge in [-0.3, -0.25) is 9.59 Å². The maximum Gasteiger partial charge on any atom is 0.322 e. The van der Waals surface area contributed by atoms with Crippen LogP contribution in [0.3, 0.4) is 0 Å². The van der Waals surface area contributed by atoms with Crippen molar-refractivity contribution in [1.82, 2.24) is 10.6 Å². The van der Waals surface area contributed by atoms with Gasteiger partial charge < -0.3 is 20.5 Å². The fourth-order valence-electron chi connectivity index (χ4n) is 1.56. The van der Waals surface area contributed by atoms with Crippen LogP contribution in [0.1, 0.15) is 19.4 Å². The van der Waals surface area contributed by atoms with Crippen LogP contribution in [-0.2, 0) is 16.1 Å². The summed E-state index contributed by atoms with van der Waals surface area (Å²) in [6.07, 6.45) is 0.111. The van der Waals surface area contributed by atoms with Gasteiger partial charge in [-0.15, -0.1) is 0 Å². The Kier molecular flexibility index (Phi) is 6.52. The second-order valence-electron chi connectivity index (χ2n) is 4.59. The van der Waals surface area contributed by atoms with Crippen molar-refractivity contribution in [1.29, 1.82) is 0 Å². The molecule has 0 unspecified atom stereocenters. The first kappa shape index (κ1) is 16.0. The summed E-state index contributed by atoms with van der Waals surface area (Å²) in [4.78, 5) is 21.6. The number of aliphatic carboxylic acids is 1. The minimum atomic E-state index is -1.06. The van der Waals surface area contributed by atoms with Crippen LogP contribution in [0.15, 0.2) is 24.3 Å². The number of benzene rings is 1. The number of carboxylic acid groups (broad SMARTS) is 1. The van der Waals surface area contributed by atoms with E-state index in [9.17, 15) is 9.59 Å². The summed E-state index contributed by atoms with van der Waals surface area (Å²) < 4.78 is 5.57. The van der Waals surface area contributed by atoms with E-state index in [1.165, 1.54) is 0 Å². The van der Waals surface area contributed by atoms with Crippen molar-refractivity contribution in [2.75, 3.05) is 13.1 Å². The highest BCUT2D eigenvalue weighted by atomic mass is 16.5. The standard InChI is InChI=1S/C14H20N2O4/c1-10(2)20-12-5-3-4-11(6-12)7-15-8-13(17)16-9-14(18)19/h3-6,10,15H,7-9H2,1-2H3,(H,16,17)(H,18,19). The Morgan fingerprint density at radius 1 is 1.30 bits per heavy atom. The van der Waals surface area contributed by atoms with Crippen molar-refractivity contribution in [3.8, 4) is 5.75 Å². The maximum absolute atomic E-state index is 11.3. The molecule has 0 atom stereocenters. The third-order valence-corrected chi connectivity index (χ3v) is 2.32. The van der Waals surface area contributed by atoms with Crippen LogP contribution in [0.4, 0.5) is 0 Å². The summed E-state index contributed by atoms with van der Waals surface area (Å²) >= 11 is 0. The molecule has 6 heteroatoms. The van der Waals surface area contributed by atoms with Crippen molar-refractivity contribution in [3.63, 3.8) is 0 Å². The SMILES string of the molecule is CC(C)Oc1cccc(CNCC(=O)NCC(=O)O)c1. The second-order valence-corrected chi connectivity index (χ2v) is 4.59. The maximum atomic E-state index is 11.3. The monoisotopic (exact) mass is 280 g/mol. The zero-order chi connectivity index (χ0) is 15.0. The van der Waals surface area contributed by atoms with Crippen LogP contribution in [-0.4, -0.2) is 36.2 Å². The number of amides is 1. The summed E-state index contributed by atoms with van der Waals surface area (Å²) in [6, 6.07) is 7.60. The average Bonchev–Trinajstić information content (AvgIpc) is 2.36. The first-order valence-electron chi connectivity index (χ1n) is 6.42. The van der Waals surface area contributed by atoms with E-state index in [0.29, 0.717) is 6.54 Å². The minimum absolute atomic E-state index is 0.0720. The Morgan fingerprint density at radius 2 is 2.05 bits per heavy atom. The Balaban J connectivity index is 2.34. The molecule has 0 aliphatic carbocycles. The highest BCUT2D eigenvalue weighted by Gasteiger charge is 2.04. The molecule has 0 fully saturated rings. The minimum Gasteiger partial charge on any atom is -0.491 e. The van der Waals surface area contributed by atoms with Gasteiger partial charge in [0.2, 0.25) is 5.91 Å². The molecule has 0 saturated heterocycles. The number of ether oxygens (including phenoxy) is 1. The lowest BCUT2D eigenvalue weighted by Gasteiger charge is -2.11. The lowest BCUT2D eigenvalue weighted by Crippen LogP contribution is -2.36. The van der Waals surface area contributed by atoms with Crippen LogP contribution < -0.4 is 15.4 Å². The molecule has 0 aromatic heterocycles. The van der Waals surface area contributed by atoms with E-state index in [0.717, 1.165) is 11.3 Å². The van der Waals surface area contributed by atoms with Gasteiger partial charge in [0.25, 0.3) is 0 Å². The Labute approximate surface area is 118 Å². The molecule has 0 heterocycles. The average molecular weight is 280 g/mol. The van der Waals surface area contributed by atoms with E-state index < -0.39 is 5.97 Å². The molecule has 3 N–H and O–H groups in total. The number of rotatable bonds is 8. The molecule has 1 amide bonds. The lowest BCUT2D eigenvalue weighted by molar-refractivity contribution is -0.137. The topological polar surface area (TPSA) is 87.7 Å². The van der Waals surface area contributed by atoms with Gasteiger partial charge in [0.05, 0.1) is 12.6 Å². The Morgan fingerprint density at radius 3 is 2.70 bits per heavy atom. The molecule has 1 aromatic rings. The molecule has 1 rings (SSSR count). The predicted molar refractivity (Wildman–Crippen MR) is 74.6 cm³/mol. The molecule has 1 aromatic carbocycles.